The fourth-order valence-corrected chi connectivity index (χ4v) is 1.85. The van der Waals surface area contributed by atoms with Crippen molar-refractivity contribution in [1.82, 2.24) is 0 Å². The molecule has 0 aromatic carbocycles. The van der Waals surface area contributed by atoms with Crippen LogP contribution in [0, 0.1) is 5.92 Å². The number of hydrogen-bond donors (Lipinski definition) is 0. The topological polar surface area (TPSA) is 34.1 Å². The van der Waals surface area contributed by atoms with Crippen molar-refractivity contribution in [3.63, 3.8) is 0 Å². The van der Waals surface area contributed by atoms with Crippen LogP contribution < -0.4 is 0 Å². The molecular formula is C10H16O2. The third-order valence-corrected chi connectivity index (χ3v) is 2.52. The largest absolute Gasteiger partial charge is 0.303 e. The van der Waals surface area contributed by atoms with Gasteiger partial charge in [0.05, 0.1) is 0 Å². The first-order chi connectivity index (χ1) is 5.83. The number of hydrogen-bond acceptors (Lipinski definition) is 2. The van der Waals surface area contributed by atoms with Crippen molar-refractivity contribution in [3.8, 4) is 0 Å². The van der Waals surface area contributed by atoms with Crippen LogP contribution >= 0.6 is 0 Å². The van der Waals surface area contributed by atoms with E-state index in [2.05, 4.69) is 0 Å². The molecule has 0 radical (unpaired) electrons. The minimum atomic E-state index is 0.414. The lowest BCUT2D eigenvalue weighted by molar-refractivity contribution is -0.121. The summed E-state index contributed by atoms with van der Waals surface area (Å²) in [5.74, 6) is 0.989. The Bertz CT molecular complexity index is 163. The first kappa shape index (κ1) is 9.43. The second-order valence-electron chi connectivity index (χ2n) is 3.60. The number of ketones is 1. The molecule has 0 aromatic heterocycles. The molecule has 1 saturated carbocycles. The molecule has 68 valence electrons. The minimum absolute atomic E-state index is 0.414. The predicted molar refractivity (Wildman–Crippen MR) is 46.9 cm³/mol. The quantitative estimate of drug-likeness (QED) is 0.476. The van der Waals surface area contributed by atoms with Gasteiger partial charge in [0.2, 0.25) is 0 Å². The Morgan fingerprint density at radius 1 is 1.50 bits per heavy atom. The van der Waals surface area contributed by atoms with Gasteiger partial charge in [-0.2, -0.15) is 0 Å². The molecule has 0 saturated heterocycles. The van der Waals surface area contributed by atoms with E-state index in [-0.39, 0.29) is 0 Å². The summed E-state index contributed by atoms with van der Waals surface area (Å²) in [6.07, 6.45) is 7.43. The van der Waals surface area contributed by atoms with Gasteiger partial charge in [-0.1, -0.05) is 0 Å². The van der Waals surface area contributed by atoms with Gasteiger partial charge in [0, 0.05) is 19.3 Å². The molecule has 1 rings (SSSR count). The van der Waals surface area contributed by atoms with E-state index in [1.165, 1.54) is 6.42 Å². The normalized spacial score (nSPS) is 24.0. The highest BCUT2D eigenvalue weighted by atomic mass is 16.1. The molecule has 2 nitrogen and oxygen atoms in total. The van der Waals surface area contributed by atoms with E-state index in [0.717, 1.165) is 38.4 Å². The van der Waals surface area contributed by atoms with Crippen molar-refractivity contribution in [2.45, 2.75) is 44.9 Å². The standard InChI is InChI=1S/C10H16O2/c11-7-2-1-4-9-5-3-6-10(12)8-9/h7,9H,1-6,8H2. The van der Waals surface area contributed by atoms with Crippen LogP contribution in [0.25, 0.3) is 0 Å². The van der Waals surface area contributed by atoms with Gasteiger partial charge in [0.25, 0.3) is 0 Å². The lowest BCUT2D eigenvalue weighted by atomic mass is 9.85. The monoisotopic (exact) mass is 168 g/mol. The van der Waals surface area contributed by atoms with E-state index in [1.54, 1.807) is 0 Å². The summed E-state index contributed by atoms with van der Waals surface area (Å²) in [5.41, 5.74) is 0. The average molecular weight is 168 g/mol. The Morgan fingerprint density at radius 3 is 3.00 bits per heavy atom. The van der Waals surface area contributed by atoms with E-state index in [9.17, 15) is 9.59 Å². The third-order valence-electron chi connectivity index (χ3n) is 2.52. The van der Waals surface area contributed by atoms with Crippen molar-refractivity contribution in [2.75, 3.05) is 0 Å². The maximum atomic E-state index is 11.0. The average Bonchev–Trinajstić information content (AvgIpc) is 2.05. The molecular weight excluding hydrogens is 152 g/mol. The van der Waals surface area contributed by atoms with Crippen molar-refractivity contribution >= 4 is 12.1 Å². The number of unbranched alkanes of at least 4 members (excludes halogenated alkanes) is 1. The van der Waals surface area contributed by atoms with Crippen LogP contribution in [-0.4, -0.2) is 12.1 Å². The molecule has 1 aliphatic carbocycles. The summed E-state index contributed by atoms with van der Waals surface area (Å²) in [4.78, 5) is 21.1. The zero-order valence-electron chi connectivity index (χ0n) is 7.42. The van der Waals surface area contributed by atoms with Gasteiger partial charge in [-0.25, -0.2) is 0 Å². The number of carbonyl (C=O) groups excluding carboxylic acids is 2. The first-order valence-electron chi connectivity index (χ1n) is 4.78. The van der Waals surface area contributed by atoms with Crippen LogP contribution in [0.15, 0.2) is 0 Å². The van der Waals surface area contributed by atoms with E-state index in [1.807, 2.05) is 0 Å². The second kappa shape index (κ2) is 5.07. The van der Waals surface area contributed by atoms with Gasteiger partial charge in [-0.3, -0.25) is 4.79 Å². The molecule has 0 N–H and O–H groups in total. The Balaban J connectivity index is 2.14. The molecule has 0 aromatic rings. The van der Waals surface area contributed by atoms with Gasteiger partial charge < -0.3 is 4.79 Å². The van der Waals surface area contributed by atoms with Gasteiger partial charge in [-0.05, 0) is 31.6 Å². The minimum Gasteiger partial charge on any atom is -0.303 e. The van der Waals surface area contributed by atoms with Crippen molar-refractivity contribution < 1.29 is 9.59 Å². The lowest BCUT2D eigenvalue weighted by Gasteiger charge is -2.19. The summed E-state index contributed by atoms with van der Waals surface area (Å²) in [6, 6.07) is 0. The predicted octanol–water partition coefficient (Wildman–Crippen LogP) is 2.11. The molecule has 0 bridgehead atoms. The number of carbonyl (C=O) groups is 2. The molecule has 2 heteroatoms. The summed E-state index contributed by atoms with van der Waals surface area (Å²) >= 11 is 0. The molecule has 1 aliphatic rings. The number of aldehydes is 1. The summed E-state index contributed by atoms with van der Waals surface area (Å²) in [6.45, 7) is 0. The van der Waals surface area contributed by atoms with Gasteiger partial charge >= 0.3 is 0 Å². The molecule has 0 amide bonds. The smallest absolute Gasteiger partial charge is 0.133 e. The van der Waals surface area contributed by atoms with Gasteiger partial charge in [-0.15, -0.1) is 0 Å². The summed E-state index contributed by atoms with van der Waals surface area (Å²) < 4.78 is 0. The second-order valence-corrected chi connectivity index (χ2v) is 3.60. The molecule has 1 fully saturated rings. The number of rotatable bonds is 4. The SMILES string of the molecule is O=CCCCC1CCCC(=O)C1. The van der Waals surface area contributed by atoms with E-state index in [0.29, 0.717) is 18.1 Å². The lowest BCUT2D eigenvalue weighted by Crippen LogP contribution is -2.14. The Hall–Kier alpha value is -0.660. The van der Waals surface area contributed by atoms with Crippen LogP contribution in [0.5, 0.6) is 0 Å². The van der Waals surface area contributed by atoms with Crippen LogP contribution in [0.4, 0.5) is 0 Å². The molecule has 0 aliphatic heterocycles. The highest BCUT2D eigenvalue weighted by Gasteiger charge is 2.18. The fraction of sp³-hybridized carbons (Fsp3) is 0.800. The van der Waals surface area contributed by atoms with Crippen molar-refractivity contribution in [3.05, 3.63) is 0 Å². The van der Waals surface area contributed by atoms with E-state index >= 15 is 0 Å². The van der Waals surface area contributed by atoms with Crippen molar-refractivity contribution in [2.24, 2.45) is 5.92 Å². The zero-order valence-corrected chi connectivity index (χ0v) is 7.42. The molecule has 1 atom stereocenters. The highest BCUT2D eigenvalue weighted by molar-refractivity contribution is 5.79. The molecule has 1 unspecified atom stereocenters. The van der Waals surface area contributed by atoms with Gasteiger partial charge in [0.1, 0.15) is 12.1 Å². The molecule has 0 heterocycles. The van der Waals surface area contributed by atoms with E-state index < -0.39 is 0 Å². The molecule has 12 heavy (non-hydrogen) atoms. The van der Waals surface area contributed by atoms with Crippen molar-refractivity contribution in [1.29, 1.82) is 0 Å². The Labute approximate surface area is 73.3 Å². The number of Topliss-reactive ketones (excluding diaryl/α,β-unsaturated/α-hetero) is 1. The third kappa shape index (κ3) is 3.16. The zero-order chi connectivity index (χ0) is 8.81. The van der Waals surface area contributed by atoms with Crippen LogP contribution in [0.2, 0.25) is 0 Å². The van der Waals surface area contributed by atoms with Gasteiger partial charge in [0.15, 0.2) is 0 Å². The first-order valence-corrected chi connectivity index (χ1v) is 4.78. The van der Waals surface area contributed by atoms with E-state index in [4.69, 9.17) is 0 Å². The van der Waals surface area contributed by atoms with Crippen LogP contribution in [0.3, 0.4) is 0 Å². The maximum absolute atomic E-state index is 11.0. The highest BCUT2D eigenvalue weighted by Crippen LogP contribution is 2.25. The Morgan fingerprint density at radius 2 is 2.33 bits per heavy atom. The fourth-order valence-electron chi connectivity index (χ4n) is 1.85. The Kier molecular flexibility index (Phi) is 3.98. The summed E-state index contributed by atoms with van der Waals surface area (Å²) in [7, 11) is 0. The molecule has 0 spiro atoms. The van der Waals surface area contributed by atoms with Crippen LogP contribution in [0.1, 0.15) is 44.9 Å². The summed E-state index contributed by atoms with van der Waals surface area (Å²) in [5, 5.41) is 0. The maximum Gasteiger partial charge on any atom is 0.133 e. The van der Waals surface area contributed by atoms with Crippen LogP contribution in [-0.2, 0) is 9.59 Å².